The highest BCUT2D eigenvalue weighted by atomic mass is 16.5. The summed E-state index contributed by atoms with van der Waals surface area (Å²) in [6.45, 7) is 3.76. The number of ether oxygens (including phenoxy) is 1. The number of hydrogen-bond acceptors (Lipinski definition) is 2. The lowest BCUT2D eigenvalue weighted by atomic mass is 9.97. The average molecular weight is 219 g/mol. The van der Waals surface area contributed by atoms with Gasteiger partial charge in [0.15, 0.2) is 0 Å². The van der Waals surface area contributed by atoms with Gasteiger partial charge >= 0.3 is 0 Å². The van der Waals surface area contributed by atoms with Crippen LogP contribution in [0.15, 0.2) is 24.3 Å². The van der Waals surface area contributed by atoms with Crippen LogP contribution in [0.5, 0.6) is 5.75 Å². The van der Waals surface area contributed by atoms with E-state index < -0.39 is 0 Å². The molecule has 0 saturated heterocycles. The van der Waals surface area contributed by atoms with Gasteiger partial charge in [0.25, 0.3) is 0 Å². The van der Waals surface area contributed by atoms with Crippen molar-refractivity contribution in [3.63, 3.8) is 0 Å². The Hall–Kier alpha value is -1.02. The second-order valence-corrected chi connectivity index (χ2v) is 4.67. The molecule has 2 heteroatoms. The van der Waals surface area contributed by atoms with E-state index >= 15 is 0 Å². The molecule has 1 fully saturated rings. The highest BCUT2D eigenvalue weighted by Gasteiger charge is 2.21. The predicted molar refractivity (Wildman–Crippen MR) is 66.7 cm³/mol. The number of hydrogen-bond donors (Lipinski definition) is 1. The quantitative estimate of drug-likeness (QED) is 0.798. The molecule has 1 atom stereocenters. The first kappa shape index (κ1) is 11.5. The second-order valence-electron chi connectivity index (χ2n) is 4.67. The van der Waals surface area contributed by atoms with Crippen molar-refractivity contribution in [2.24, 2.45) is 11.7 Å². The van der Waals surface area contributed by atoms with E-state index in [2.05, 4.69) is 25.1 Å². The summed E-state index contributed by atoms with van der Waals surface area (Å²) in [6.07, 6.45) is 3.75. The van der Waals surface area contributed by atoms with Gasteiger partial charge in [-0.1, -0.05) is 19.1 Å². The number of benzene rings is 1. The Kier molecular flexibility index (Phi) is 3.83. The first-order valence-electron chi connectivity index (χ1n) is 6.26. The van der Waals surface area contributed by atoms with Crippen molar-refractivity contribution in [3.8, 4) is 5.75 Å². The number of nitrogens with two attached hydrogens (primary N) is 1. The van der Waals surface area contributed by atoms with Crippen molar-refractivity contribution < 1.29 is 4.74 Å². The topological polar surface area (TPSA) is 35.2 Å². The van der Waals surface area contributed by atoms with E-state index in [1.165, 1.54) is 18.4 Å². The standard InChI is InChI=1S/C14H21NO/c1-2-12(9-15)13-4-3-5-14(8-13)16-10-11-6-7-11/h3-5,8,11-12H,2,6-7,9-10,15H2,1H3. The van der Waals surface area contributed by atoms with Crippen LogP contribution in [-0.4, -0.2) is 13.2 Å². The molecule has 2 nitrogen and oxygen atoms in total. The van der Waals surface area contributed by atoms with Gasteiger partial charge in [0, 0.05) is 0 Å². The molecule has 0 aromatic heterocycles. The largest absolute Gasteiger partial charge is 0.493 e. The molecule has 2 rings (SSSR count). The maximum absolute atomic E-state index is 5.77. The minimum Gasteiger partial charge on any atom is -0.493 e. The maximum Gasteiger partial charge on any atom is 0.119 e. The first-order valence-corrected chi connectivity index (χ1v) is 6.26. The molecule has 1 saturated carbocycles. The fraction of sp³-hybridized carbons (Fsp3) is 0.571. The van der Waals surface area contributed by atoms with Crippen LogP contribution < -0.4 is 10.5 Å². The molecule has 1 aliphatic rings. The summed E-state index contributed by atoms with van der Waals surface area (Å²) in [5, 5.41) is 0. The van der Waals surface area contributed by atoms with E-state index in [0.29, 0.717) is 12.5 Å². The summed E-state index contributed by atoms with van der Waals surface area (Å²) in [6, 6.07) is 8.39. The minimum absolute atomic E-state index is 0.462. The molecule has 0 bridgehead atoms. The molecule has 0 heterocycles. The molecule has 1 unspecified atom stereocenters. The molecule has 88 valence electrons. The summed E-state index contributed by atoms with van der Waals surface area (Å²) in [5.41, 5.74) is 7.06. The Morgan fingerprint density at radius 1 is 1.44 bits per heavy atom. The minimum atomic E-state index is 0.462. The third-order valence-corrected chi connectivity index (χ3v) is 3.29. The molecular weight excluding hydrogens is 198 g/mol. The Morgan fingerprint density at radius 2 is 2.25 bits per heavy atom. The normalized spacial score (nSPS) is 17.1. The summed E-state index contributed by atoms with van der Waals surface area (Å²) in [4.78, 5) is 0. The van der Waals surface area contributed by atoms with Crippen molar-refractivity contribution in [2.75, 3.05) is 13.2 Å². The smallest absolute Gasteiger partial charge is 0.119 e. The van der Waals surface area contributed by atoms with E-state index in [1.807, 2.05) is 6.07 Å². The Bertz CT molecular complexity index is 329. The molecular formula is C14H21NO. The van der Waals surface area contributed by atoms with Crippen LogP contribution in [0, 0.1) is 5.92 Å². The van der Waals surface area contributed by atoms with Crippen LogP contribution in [0.25, 0.3) is 0 Å². The summed E-state index contributed by atoms with van der Waals surface area (Å²) in [5.74, 6) is 2.26. The molecule has 2 N–H and O–H groups in total. The van der Waals surface area contributed by atoms with Crippen LogP contribution >= 0.6 is 0 Å². The third-order valence-electron chi connectivity index (χ3n) is 3.29. The van der Waals surface area contributed by atoms with Crippen LogP contribution in [-0.2, 0) is 0 Å². The molecule has 0 amide bonds. The monoisotopic (exact) mass is 219 g/mol. The summed E-state index contributed by atoms with van der Waals surface area (Å²) in [7, 11) is 0. The van der Waals surface area contributed by atoms with Crippen LogP contribution in [0.4, 0.5) is 0 Å². The van der Waals surface area contributed by atoms with E-state index in [0.717, 1.165) is 24.7 Å². The van der Waals surface area contributed by atoms with Crippen molar-refractivity contribution >= 4 is 0 Å². The van der Waals surface area contributed by atoms with Gasteiger partial charge < -0.3 is 10.5 Å². The van der Waals surface area contributed by atoms with Gasteiger partial charge in [0.1, 0.15) is 5.75 Å². The second kappa shape index (κ2) is 5.35. The van der Waals surface area contributed by atoms with E-state index in [9.17, 15) is 0 Å². The van der Waals surface area contributed by atoms with Crippen molar-refractivity contribution in [1.82, 2.24) is 0 Å². The lowest BCUT2D eigenvalue weighted by Crippen LogP contribution is -2.11. The predicted octanol–water partition coefficient (Wildman–Crippen LogP) is 2.93. The zero-order valence-electron chi connectivity index (χ0n) is 9.99. The molecule has 16 heavy (non-hydrogen) atoms. The fourth-order valence-corrected chi connectivity index (χ4v) is 1.90. The van der Waals surface area contributed by atoms with Gasteiger partial charge in [0.2, 0.25) is 0 Å². The Balaban J connectivity index is 1.99. The van der Waals surface area contributed by atoms with Gasteiger partial charge in [0.05, 0.1) is 6.61 Å². The van der Waals surface area contributed by atoms with Gasteiger partial charge in [-0.25, -0.2) is 0 Å². The van der Waals surface area contributed by atoms with Gasteiger partial charge in [-0.15, -0.1) is 0 Å². The maximum atomic E-state index is 5.77. The highest BCUT2D eigenvalue weighted by molar-refractivity contribution is 5.31. The summed E-state index contributed by atoms with van der Waals surface area (Å²) < 4.78 is 5.77. The van der Waals surface area contributed by atoms with Gasteiger partial charge in [-0.05, 0) is 55.3 Å². The zero-order valence-corrected chi connectivity index (χ0v) is 9.99. The summed E-state index contributed by atoms with van der Waals surface area (Å²) >= 11 is 0. The molecule has 0 spiro atoms. The number of rotatable bonds is 6. The molecule has 0 radical (unpaired) electrons. The van der Waals surface area contributed by atoms with E-state index in [1.54, 1.807) is 0 Å². The SMILES string of the molecule is CCC(CN)c1cccc(OCC2CC2)c1. The van der Waals surface area contributed by atoms with E-state index in [-0.39, 0.29) is 0 Å². The third kappa shape index (κ3) is 2.99. The first-order chi connectivity index (χ1) is 7.83. The van der Waals surface area contributed by atoms with Crippen LogP contribution in [0.1, 0.15) is 37.7 Å². The van der Waals surface area contributed by atoms with Gasteiger partial charge in [-0.2, -0.15) is 0 Å². The van der Waals surface area contributed by atoms with Crippen molar-refractivity contribution in [3.05, 3.63) is 29.8 Å². The molecule has 1 aromatic rings. The van der Waals surface area contributed by atoms with Crippen molar-refractivity contribution in [2.45, 2.75) is 32.1 Å². The fourth-order valence-electron chi connectivity index (χ4n) is 1.90. The van der Waals surface area contributed by atoms with E-state index in [4.69, 9.17) is 10.5 Å². The van der Waals surface area contributed by atoms with Gasteiger partial charge in [-0.3, -0.25) is 0 Å². The van der Waals surface area contributed by atoms with Crippen LogP contribution in [0.2, 0.25) is 0 Å². The highest BCUT2D eigenvalue weighted by Crippen LogP contribution is 2.30. The molecule has 0 aliphatic heterocycles. The average Bonchev–Trinajstić information content (AvgIpc) is 3.13. The Labute approximate surface area is 97.8 Å². The lowest BCUT2D eigenvalue weighted by molar-refractivity contribution is 0.299. The molecule has 1 aromatic carbocycles. The Morgan fingerprint density at radius 3 is 2.88 bits per heavy atom. The zero-order chi connectivity index (χ0) is 11.4. The van der Waals surface area contributed by atoms with Crippen LogP contribution in [0.3, 0.4) is 0 Å². The van der Waals surface area contributed by atoms with Crippen molar-refractivity contribution in [1.29, 1.82) is 0 Å². The molecule has 1 aliphatic carbocycles. The lowest BCUT2D eigenvalue weighted by Gasteiger charge is -2.14.